The van der Waals surface area contributed by atoms with Crippen molar-refractivity contribution >= 4 is 23.2 Å². The SMILES string of the molecule is COc1cc(Nc2nc(C)cn2C2CC2)ccc1Cl. The largest absolute Gasteiger partial charge is 0.495 e. The summed E-state index contributed by atoms with van der Waals surface area (Å²) in [6.45, 7) is 2.01. The lowest BCUT2D eigenvalue weighted by molar-refractivity contribution is 0.415. The summed E-state index contributed by atoms with van der Waals surface area (Å²) < 4.78 is 7.42. The number of hydrogen-bond donors (Lipinski definition) is 1. The lowest BCUT2D eigenvalue weighted by Crippen LogP contribution is -2.01. The Morgan fingerprint density at radius 3 is 2.89 bits per heavy atom. The van der Waals surface area contributed by atoms with Gasteiger partial charge >= 0.3 is 0 Å². The highest BCUT2D eigenvalue weighted by Crippen LogP contribution is 2.38. The zero-order chi connectivity index (χ0) is 13.4. The summed E-state index contributed by atoms with van der Waals surface area (Å²) >= 11 is 6.02. The van der Waals surface area contributed by atoms with Crippen molar-refractivity contribution in [2.45, 2.75) is 25.8 Å². The van der Waals surface area contributed by atoms with Crippen LogP contribution in [-0.4, -0.2) is 16.7 Å². The summed E-state index contributed by atoms with van der Waals surface area (Å²) in [5.41, 5.74) is 1.95. The number of halogens is 1. The molecule has 0 radical (unpaired) electrons. The number of anilines is 2. The van der Waals surface area contributed by atoms with E-state index in [1.165, 1.54) is 12.8 Å². The molecule has 2 aromatic rings. The Morgan fingerprint density at radius 1 is 1.42 bits per heavy atom. The average molecular weight is 278 g/mol. The summed E-state index contributed by atoms with van der Waals surface area (Å²) in [5, 5.41) is 3.94. The molecule has 0 bridgehead atoms. The number of nitrogens with one attached hydrogen (secondary N) is 1. The van der Waals surface area contributed by atoms with Crippen LogP contribution in [0.15, 0.2) is 24.4 Å². The minimum Gasteiger partial charge on any atom is -0.495 e. The molecule has 1 aromatic heterocycles. The first kappa shape index (κ1) is 12.4. The van der Waals surface area contributed by atoms with E-state index >= 15 is 0 Å². The number of nitrogens with zero attached hydrogens (tertiary/aromatic N) is 2. The fourth-order valence-corrected chi connectivity index (χ4v) is 2.30. The first-order chi connectivity index (χ1) is 9.17. The van der Waals surface area contributed by atoms with E-state index in [9.17, 15) is 0 Å². The van der Waals surface area contributed by atoms with E-state index in [1.807, 2.05) is 25.1 Å². The Morgan fingerprint density at radius 2 is 2.21 bits per heavy atom. The van der Waals surface area contributed by atoms with Crippen LogP contribution in [0.3, 0.4) is 0 Å². The summed E-state index contributed by atoms with van der Waals surface area (Å²) in [6, 6.07) is 6.22. The van der Waals surface area contributed by atoms with E-state index in [4.69, 9.17) is 16.3 Å². The van der Waals surface area contributed by atoms with Crippen LogP contribution in [0, 0.1) is 6.92 Å². The Bertz CT molecular complexity index is 605. The van der Waals surface area contributed by atoms with Gasteiger partial charge in [0.15, 0.2) is 0 Å². The smallest absolute Gasteiger partial charge is 0.207 e. The Kier molecular flexibility index (Phi) is 3.11. The van der Waals surface area contributed by atoms with Crippen molar-refractivity contribution in [1.29, 1.82) is 0 Å². The summed E-state index contributed by atoms with van der Waals surface area (Å²) in [4.78, 5) is 4.52. The molecule has 3 rings (SSSR count). The molecule has 0 amide bonds. The molecule has 1 heterocycles. The van der Waals surface area contributed by atoms with E-state index in [0.29, 0.717) is 16.8 Å². The highest BCUT2D eigenvalue weighted by Gasteiger charge is 2.26. The number of imidazole rings is 1. The van der Waals surface area contributed by atoms with E-state index in [-0.39, 0.29) is 0 Å². The number of ether oxygens (including phenoxy) is 1. The van der Waals surface area contributed by atoms with Gasteiger partial charge in [-0.25, -0.2) is 4.98 Å². The van der Waals surface area contributed by atoms with Crippen LogP contribution in [0.5, 0.6) is 5.75 Å². The van der Waals surface area contributed by atoms with Gasteiger partial charge in [-0.1, -0.05) is 11.6 Å². The minimum absolute atomic E-state index is 0.595. The first-order valence-corrected chi connectivity index (χ1v) is 6.71. The van der Waals surface area contributed by atoms with Gasteiger partial charge in [0.2, 0.25) is 5.95 Å². The maximum atomic E-state index is 6.02. The number of benzene rings is 1. The maximum Gasteiger partial charge on any atom is 0.207 e. The fraction of sp³-hybridized carbons (Fsp3) is 0.357. The second-order valence-electron chi connectivity index (χ2n) is 4.82. The van der Waals surface area contributed by atoms with Crippen molar-refractivity contribution in [3.63, 3.8) is 0 Å². The molecule has 100 valence electrons. The first-order valence-electron chi connectivity index (χ1n) is 6.33. The Hall–Kier alpha value is -1.68. The predicted octanol–water partition coefficient (Wildman–Crippen LogP) is 3.93. The van der Waals surface area contributed by atoms with Crippen LogP contribution in [0.25, 0.3) is 0 Å². The molecule has 1 aliphatic carbocycles. The van der Waals surface area contributed by atoms with Crippen LogP contribution in [0.1, 0.15) is 24.6 Å². The van der Waals surface area contributed by atoms with Crippen LogP contribution >= 0.6 is 11.6 Å². The van der Waals surface area contributed by atoms with Gasteiger partial charge in [-0.05, 0) is 31.9 Å². The monoisotopic (exact) mass is 277 g/mol. The number of aryl methyl sites for hydroxylation is 1. The van der Waals surface area contributed by atoms with Crippen LogP contribution < -0.4 is 10.1 Å². The maximum absolute atomic E-state index is 6.02. The predicted molar refractivity (Wildman–Crippen MR) is 76.5 cm³/mol. The molecule has 0 atom stereocenters. The molecule has 5 heteroatoms. The second kappa shape index (κ2) is 4.78. The van der Waals surface area contributed by atoms with Crippen LogP contribution in [0.2, 0.25) is 5.02 Å². The number of hydrogen-bond acceptors (Lipinski definition) is 3. The standard InChI is InChI=1S/C14H16ClN3O/c1-9-8-18(11-4-5-11)14(16-9)17-10-3-6-12(15)13(7-10)19-2/h3,6-8,11H,4-5H2,1-2H3,(H,16,17). The third-order valence-corrected chi connectivity index (χ3v) is 3.51. The average Bonchev–Trinajstić information content (AvgIpc) is 3.17. The minimum atomic E-state index is 0.595. The van der Waals surface area contributed by atoms with Crippen molar-refractivity contribution < 1.29 is 4.74 Å². The molecular formula is C14H16ClN3O. The highest BCUT2D eigenvalue weighted by molar-refractivity contribution is 6.32. The molecule has 0 spiro atoms. The lowest BCUT2D eigenvalue weighted by Gasteiger charge is -2.10. The lowest BCUT2D eigenvalue weighted by atomic mass is 10.3. The summed E-state index contributed by atoms with van der Waals surface area (Å²) in [6.07, 6.45) is 4.55. The van der Waals surface area contributed by atoms with Gasteiger partial charge in [0, 0.05) is 24.0 Å². The van der Waals surface area contributed by atoms with Gasteiger partial charge in [-0.2, -0.15) is 0 Å². The molecule has 1 aromatic carbocycles. The molecule has 0 unspecified atom stereocenters. The molecule has 1 fully saturated rings. The second-order valence-corrected chi connectivity index (χ2v) is 5.23. The molecule has 1 saturated carbocycles. The van der Waals surface area contributed by atoms with Crippen LogP contribution in [-0.2, 0) is 0 Å². The van der Waals surface area contributed by atoms with Crippen molar-refractivity contribution in [2.24, 2.45) is 0 Å². The van der Waals surface area contributed by atoms with E-state index in [0.717, 1.165) is 17.3 Å². The Labute approximate surface area is 117 Å². The molecular weight excluding hydrogens is 262 g/mol. The summed E-state index contributed by atoms with van der Waals surface area (Å²) in [7, 11) is 1.61. The quantitative estimate of drug-likeness (QED) is 0.920. The topological polar surface area (TPSA) is 39.1 Å². The number of methoxy groups -OCH3 is 1. The normalized spacial score (nSPS) is 14.5. The fourth-order valence-electron chi connectivity index (χ4n) is 2.11. The molecule has 1 aliphatic rings. The Balaban J connectivity index is 1.88. The zero-order valence-electron chi connectivity index (χ0n) is 11.0. The third kappa shape index (κ3) is 2.54. The van der Waals surface area contributed by atoms with Gasteiger partial charge in [-0.15, -0.1) is 0 Å². The summed E-state index contributed by atoms with van der Waals surface area (Å²) in [5.74, 6) is 1.54. The molecule has 19 heavy (non-hydrogen) atoms. The molecule has 4 nitrogen and oxygen atoms in total. The van der Waals surface area contributed by atoms with Crippen LogP contribution in [0.4, 0.5) is 11.6 Å². The molecule has 0 aliphatic heterocycles. The van der Waals surface area contributed by atoms with Crippen molar-refractivity contribution in [3.8, 4) is 5.75 Å². The molecule has 1 N–H and O–H groups in total. The highest BCUT2D eigenvalue weighted by atomic mass is 35.5. The van der Waals surface area contributed by atoms with E-state index in [1.54, 1.807) is 7.11 Å². The van der Waals surface area contributed by atoms with Crippen molar-refractivity contribution in [3.05, 3.63) is 35.1 Å². The van der Waals surface area contributed by atoms with Gasteiger partial charge in [0.25, 0.3) is 0 Å². The van der Waals surface area contributed by atoms with Gasteiger partial charge in [0.05, 0.1) is 17.8 Å². The number of aromatic nitrogens is 2. The number of rotatable bonds is 4. The van der Waals surface area contributed by atoms with E-state index in [2.05, 4.69) is 21.1 Å². The van der Waals surface area contributed by atoms with Crippen molar-refractivity contribution in [2.75, 3.05) is 12.4 Å². The van der Waals surface area contributed by atoms with Gasteiger partial charge in [0.1, 0.15) is 5.75 Å². The van der Waals surface area contributed by atoms with Gasteiger partial charge in [-0.3, -0.25) is 0 Å². The van der Waals surface area contributed by atoms with Gasteiger partial charge < -0.3 is 14.6 Å². The van der Waals surface area contributed by atoms with Crippen molar-refractivity contribution in [1.82, 2.24) is 9.55 Å². The van der Waals surface area contributed by atoms with E-state index < -0.39 is 0 Å². The zero-order valence-corrected chi connectivity index (χ0v) is 11.7. The third-order valence-electron chi connectivity index (χ3n) is 3.20. The molecule has 0 saturated heterocycles.